The minimum atomic E-state index is -3.83. The number of hydrogen-bond donors (Lipinski definition) is 1. The lowest BCUT2D eigenvalue weighted by Gasteiger charge is -2.32. The fourth-order valence-corrected chi connectivity index (χ4v) is 4.61. The zero-order valence-corrected chi connectivity index (χ0v) is 13.9. The van der Waals surface area contributed by atoms with E-state index in [-0.39, 0.29) is 43.4 Å². The number of ether oxygens (including phenoxy) is 1. The highest BCUT2D eigenvalue weighted by Crippen LogP contribution is 2.35. The number of rotatable bonds is 3. The number of fused-ring (bicyclic) bond motifs is 2. The fourth-order valence-electron chi connectivity index (χ4n) is 3.04. The molecule has 0 saturated carbocycles. The molecule has 0 bridgehead atoms. The van der Waals surface area contributed by atoms with Crippen LogP contribution in [0.15, 0.2) is 36.5 Å². The number of benzene rings is 1. The van der Waals surface area contributed by atoms with Gasteiger partial charge in [0.2, 0.25) is 5.88 Å². The fraction of sp³-hybridized carbons (Fsp3) is 0.250. The summed E-state index contributed by atoms with van der Waals surface area (Å²) in [6.07, 6.45) is 1.16. The van der Waals surface area contributed by atoms with Crippen LogP contribution in [0.2, 0.25) is 0 Å². The van der Waals surface area contributed by atoms with E-state index in [0.29, 0.717) is 0 Å². The van der Waals surface area contributed by atoms with Crippen LogP contribution >= 0.6 is 0 Å². The summed E-state index contributed by atoms with van der Waals surface area (Å²) in [5.74, 6) is -1.05. The van der Waals surface area contributed by atoms with Crippen molar-refractivity contribution in [2.45, 2.75) is 13.1 Å². The van der Waals surface area contributed by atoms with Crippen molar-refractivity contribution in [3.63, 3.8) is 0 Å². The molecular weight excluding hydrogens is 346 g/mol. The van der Waals surface area contributed by atoms with Crippen LogP contribution in [0.3, 0.4) is 0 Å². The molecule has 2 aliphatic rings. The average Bonchev–Trinajstić information content (AvgIpc) is 3.05. The Kier molecular flexibility index (Phi) is 3.62. The van der Waals surface area contributed by atoms with Gasteiger partial charge in [0.1, 0.15) is 12.3 Å². The maximum atomic E-state index is 13.1. The smallest absolute Gasteiger partial charge is 0.337 e. The standard InChI is InChI=1S/C16H15N3O5S/c20-16(21)13-7-14-15(17-8-13)24-6-5-19(14)25(22,23)18-9-11-3-1-2-4-12(11)10-18/h1-4,7-8H,5-6,9-10H2,(H,20,21). The molecule has 2 aromatic rings. The summed E-state index contributed by atoms with van der Waals surface area (Å²) in [6.45, 7) is 0.841. The van der Waals surface area contributed by atoms with Crippen LogP contribution in [0.25, 0.3) is 0 Å². The molecule has 25 heavy (non-hydrogen) atoms. The van der Waals surface area contributed by atoms with E-state index in [1.165, 1.54) is 14.7 Å². The predicted octanol–water partition coefficient (Wildman–Crippen LogP) is 1.24. The molecule has 9 heteroatoms. The highest BCUT2D eigenvalue weighted by atomic mass is 32.2. The zero-order chi connectivity index (χ0) is 17.6. The average molecular weight is 361 g/mol. The Hall–Kier alpha value is -2.65. The molecular formula is C16H15N3O5S. The van der Waals surface area contributed by atoms with Crippen LogP contribution in [0.1, 0.15) is 21.5 Å². The summed E-state index contributed by atoms with van der Waals surface area (Å²) in [4.78, 5) is 15.1. The second-order valence-electron chi connectivity index (χ2n) is 5.82. The Labute approximate surface area is 144 Å². The summed E-state index contributed by atoms with van der Waals surface area (Å²) < 4.78 is 34.2. The molecule has 130 valence electrons. The van der Waals surface area contributed by atoms with Crippen molar-refractivity contribution in [2.24, 2.45) is 0 Å². The Morgan fingerprint density at radius 2 is 1.88 bits per heavy atom. The van der Waals surface area contributed by atoms with Gasteiger partial charge in [-0.3, -0.25) is 0 Å². The normalized spacial score (nSPS) is 16.9. The number of pyridine rings is 1. The molecule has 3 heterocycles. The first-order valence-electron chi connectivity index (χ1n) is 7.67. The van der Waals surface area contributed by atoms with Gasteiger partial charge in [0.15, 0.2) is 0 Å². The lowest BCUT2D eigenvalue weighted by molar-refractivity contribution is 0.0696. The van der Waals surface area contributed by atoms with Gasteiger partial charge in [-0.2, -0.15) is 12.7 Å². The quantitative estimate of drug-likeness (QED) is 0.883. The molecule has 0 radical (unpaired) electrons. The van der Waals surface area contributed by atoms with Gasteiger partial charge < -0.3 is 9.84 Å². The van der Waals surface area contributed by atoms with Crippen molar-refractivity contribution in [3.05, 3.63) is 53.2 Å². The van der Waals surface area contributed by atoms with Gasteiger partial charge in [-0.1, -0.05) is 24.3 Å². The number of hydrogen-bond acceptors (Lipinski definition) is 5. The Morgan fingerprint density at radius 3 is 2.52 bits per heavy atom. The number of carbonyl (C=O) groups is 1. The van der Waals surface area contributed by atoms with Gasteiger partial charge in [0, 0.05) is 19.3 Å². The highest BCUT2D eigenvalue weighted by Gasteiger charge is 2.37. The lowest BCUT2D eigenvalue weighted by atomic mass is 10.1. The van der Waals surface area contributed by atoms with Crippen molar-refractivity contribution < 1.29 is 23.1 Å². The van der Waals surface area contributed by atoms with E-state index >= 15 is 0 Å². The SMILES string of the molecule is O=C(O)c1cnc2c(c1)N(S(=O)(=O)N1Cc3ccccc3C1)CCO2. The van der Waals surface area contributed by atoms with Crippen LogP contribution in [-0.2, 0) is 23.3 Å². The van der Waals surface area contributed by atoms with Gasteiger partial charge in [0.05, 0.1) is 12.1 Å². The monoisotopic (exact) mass is 361 g/mol. The molecule has 0 saturated heterocycles. The zero-order valence-electron chi connectivity index (χ0n) is 13.1. The minimum Gasteiger partial charge on any atom is -0.478 e. The van der Waals surface area contributed by atoms with E-state index in [0.717, 1.165) is 17.3 Å². The van der Waals surface area contributed by atoms with E-state index in [9.17, 15) is 13.2 Å². The first-order chi connectivity index (χ1) is 12.0. The van der Waals surface area contributed by atoms with Crippen molar-refractivity contribution in [3.8, 4) is 5.88 Å². The second kappa shape index (κ2) is 5.71. The molecule has 0 spiro atoms. The number of anilines is 1. The molecule has 2 aliphatic heterocycles. The largest absolute Gasteiger partial charge is 0.478 e. The lowest BCUT2D eigenvalue weighted by Crippen LogP contribution is -2.45. The maximum absolute atomic E-state index is 13.1. The number of carboxylic acids is 1. The molecule has 1 aromatic heterocycles. The molecule has 0 unspecified atom stereocenters. The van der Waals surface area contributed by atoms with Gasteiger partial charge >= 0.3 is 16.2 Å². The third-order valence-corrected chi connectivity index (χ3v) is 6.14. The molecule has 4 rings (SSSR count). The van der Waals surface area contributed by atoms with E-state index in [1.54, 1.807) is 0 Å². The van der Waals surface area contributed by atoms with Gasteiger partial charge in [0.25, 0.3) is 0 Å². The van der Waals surface area contributed by atoms with Gasteiger partial charge in [-0.05, 0) is 17.2 Å². The summed E-state index contributed by atoms with van der Waals surface area (Å²) in [6, 6.07) is 8.85. The molecule has 1 aromatic carbocycles. The number of carboxylic acid groups (broad SMARTS) is 1. The Balaban J connectivity index is 1.71. The van der Waals surface area contributed by atoms with E-state index < -0.39 is 16.2 Å². The number of aromatic carboxylic acids is 1. The first-order valence-corrected chi connectivity index (χ1v) is 9.07. The Morgan fingerprint density at radius 1 is 1.20 bits per heavy atom. The second-order valence-corrected chi connectivity index (χ2v) is 7.67. The molecule has 0 aliphatic carbocycles. The van der Waals surface area contributed by atoms with E-state index in [1.807, 2.05) is 24.3 Å². The Bertz CT molecular complexity index is 935. The third kappa shape index (κ3) is 2.61. The molecule has 0 fully saturated rings. The van der Waals surface area contributed by atoms with Crippen molar-refractivity contribution in [1.29, 1.82) is 0 Å². The minimum absolute atomic E-state index is 0.0887. The topological polar surface area (TPSA) is 100 Å². The molecule has 1 N–H and O–H groups in total. The predicted molar refractivity (Wildman–Crippen MR) is 88.6 cm³/mol. The van der Waals surface area contributed by atoms with E-state index in [2.05, 4.69) is 4.98 Å². The van der Waals surface area contributed by atoms with Gasteiger partial charge in [-0.15, -0.1) is 0 Å². The summed E-state index contributed by atoms with van der Waals surface area (Å²) in [5.41, 5.74) is 2.00. The number of nitrogens with zero attached hydrogens (tertiary/aromatic N) is 3. The van der Waals surface area contributed by atoms with Crippen LogP contribution in [0, 0.1) is 0 Å². The summed E-state index contributed by atoms with van der Waals surface area (Å²) >= 11 is 0. The van der Waals surface area contributed by atoms with E-state index in [4.69, 9.17) is 9.84 Å². The maximum Gasteiger partial charge on any atom is 0.337 e. The molecule has 0 amide bonds. The van der Waals surface area contributed by atoms with Crippen molar-refractivity contribution in [1.82, 2.24) is 9.29 Å². The summed E-state index contributed by atoms with van der Waals surface area (Å²) in [7, 11) is -3.83. The van der Waals surface area contributed by atoms with Crippen molar-refractivity contribution in [2.75, 3.05) is 17.5 Å². The van der Waals surface area contributed by atoms with Crippen LogP contribution in [0.5, 0.6) is 5.88 Å². The van der Waals surface area contributed by atoms with Crippen LogP contribution in [-0.4, -0.2) is 41.9 Å². The molecule has 0 atom stereocenters. The van der Waals surface area contributed by atoms with Crippen LogP contribution < -0.4 is 9.04 Å². The number of aromatic nitrogens is 1. The van der Waals surface area contributed by atoms with Crippen LogP contribution in [0.4, 0.5) is 5.69 Å². The van der Waals surface area contributed by atoms with Gasteiger partial charge in [-0.25, -0.2) is 14.1 Å². The highest BCUT2D eigenvalue weighted by molar-refractivity contribution is 7.90. The van der Waals surface area contributed by atoms with Crippen molar-refractivity contribution >= 4 is 21.9 Å². The third-order valence-electron chi connectivity index (χ3n) is 4.30. The first kappa shape index (κ1) is 15.9. The molecule has 8 nitrogen and oxygen atoms in total. The summed E-state index contributed by atoms with van der Waals surface area (Å²) in [5, 5.41) is 9.15.